The van der Waals surface area contributed by atoms with Crippen LogP contribution in [0.4, 0.5) is 0 Å². The molecule has 0 atom stereocenters. The molecule has 9 nitrogen and oxygen atoms in total. The summed E-state index contributed by atoms with van der Waals surface area (Å²) >= 11 is 0. The van der Waals surface area contributed by atoms with Gasteiger partial charge in [0.25, 0.3) is 0 Å². The Morgan fingerprint density at radius 3 is 2.17 bits per heavy atom. The second-order valence-electron chi connectivity index (χ2n) is 3.56. The molecule has 1 aromatic heterocycles. The van der Waals surface area contributed by atoms with Gasteiger partial charge >= 0.3 is 0 Å². The molecule has 1 aromatic rings. The molecular weight excluding hydrogens is 262 g/mol. The molecule has 18 heavy (non-hydrogen) atoms. The summed E-state index contributed by atoms with van der Waals surface area (Å²) < 4.78 is 24.9. The third kappa shape index (κ3) is 3.05. The number of sulfonamides is 1. The van der Waals surface area contributed by atoms with Gasteiger partial charge in [-0.2, -0.15) is 9.40 Å². The highest BCUT2D eigenvalue weighted by atomic mass is 32.2. The number of nitrogens with one attached hydrogen (secondary N) is 1. The Labute approximate surface area is 103 Å². The molecule has 5 N–H and O–H groups in total. The van der Waals surface area contributed by atoms with E-state index in [2.05, 4.69) is 10.2 Å². The van der Waals surface area contributed by atoms with Crippen molar-refractivity contribution >= 4 is 21.8 Å². The highest BCUT2D eigenvalue weighted by Gasteiger charge is 2.29. The highest BCUT2D eigenvalue weighted by molar-refractivity contribution is 7.89. The van der Waals surface area contributed by atoms with Crippen LogP contribution in [0, 0.1) is 6.92 Å². The number of hydrogen-bond donors (Lipinski definition) is 3. The quantitative estimate of drug-likeness (QED) is 0.532. The number of primary amides is 2. The maximum atomic E-state index is 12.1. The number of carbonyl (C=O) groups excluding carboxylic acids is 2. The SMILES string of the molecule is Cc1[nH]ncc1S(=O)(=O)N(CC(N)=O)CC(N)=O. The van der Waals surface area contributed by atoms with Crippen molar-refractivity contribution in [3.63, 3.8) is 0 Å². The van der Waals surface area contributed by atoms with E-state index < -0.39 is 34.9 Å². The van der Waals surface area contributed by atoms with Gasteiger partial charge in [0, 0.05) is 0 Å². The number of carbonyl (C=O) groups is 2. The molecule has 1 rings (SSSR count). The Balaban J connectivity index is 3.15. The number of nitrogens with zero attached hydrogens (tertiary/aromatic N) is 2. The lowest BCUT2D eigenvalue weighted by atomic mass is 10.5. The first kappa shape index (κ1) is 14.1. The molecule has 0 aromatic carbocycles. The van der Waals surface area contributed by atoms with Gasteiger partial charge in [0.2, 0.25) is 21.8 Å². The molecule has 0 fully saturated rings. The maximum absolute atomic E-state index is 12.1. The lowest BCUT2D eigenvalue weighted by molar-refractivity contribution is -0.120. The summed E-state index contributed by atoms with van der Waals surface area (Å²) in [6, 6.07) is 0. The van der Waals surface area contributed by atoms with E-state index >= 15 is 0 Å². The molecule has 10 heteroatoms. The van der Waals surface area contributed by atoms with Crippen molar-refractivity contribution in [3.05, 3.63) is 11.9 Å². The molecule has 0 aliphatic rings. The highest BCUT2D eigenvalue weighted by Crippen LogP contribution is 2.16. The molecular formula is C8H13N5O4S. The summed E-state index contributed by atoms with van der Waals surface area (Å²) in [6.45, 7) is 0.235. The number of rotatable bonds is 6. The van der Waals surface area contributed by atoms with Gasteiger partial charge in [0.15, 0.2) is 0 Å². The van der Waals surface area contributed by atoms with E-state index in [1.807, 2.05) is 0 Å². The van der Waals surface area contributed by atoms with Gasteiger partial charge in [-0.3, -0.25) is 14.7 Å². The largest absolute Gasteiger partial charge is 0.369 e. The van der Waals surface area contributed by atoms with Crippen molar-refractivity contribution in [2.75, 3.05) is 13.1 Å². The van der Waals surface area contributed by atoms with Gasteiger partial charge in [-0.1, -0.05) is 0 Å². The summed E-state index contributed by atoms with van der Waals surface area (Å²) in [5.41, 5.74) is 10.2. The fourth-order valence-corrected chi connectivity index (χ4v) is 2.80. The van der Waals surface area contributed by atoms with Crippen molar-refractivity contribution in [2.24, 2.45) is 11.5 Å². The molecule has 0 radical (unpaired) electrons. The van der Waals surface area contributed by atoms with Gasteiger partial charge in [-0.15, -0.1) is 0 Å². The van der Waals surface area contributed by atoms with Crippen LogP contribution in [0.1, 0.15) is 5.69 Å². The summed E-state index contributed by atoms with van der Waals surface area (Å²) in [5, 5.41) is 6.01. The van der Waals surface area contributed by atoms with Gasteiger partial charge in [-0.05, 0) is 6.92 Å². The molecule has 2 amide bonds. The van der Waals surface area contributed by atoms with E-state index in [0.29, 0.717) is 4.31 Å². The zero-order valence-electron chi connectivity index (χ0n) is 9.58. The normalized spacial score (nSPS) is 11.7. The molecule has 0 spiro atoms. The van der Waals surface area contributed by atoms with Gasteiger partial charge in [0.1, 0.15) is 4.90 Å². The Bertz CT molecular complexity index is 548. The Kier molecular flexibility index (Phi) is 4.03. The van der Waals surface area contributed by atoms with Gasteiger partial charge in [0.05, 0.1) is 25.0 Å². The molecule has 1 heterocycles. The van der Waals surface area contributed by atoms with Crippen LogP contribution in [-0.2, 0) is 19.6 Å². The lowest BCUT2D eigenvalue weighted by Crippen LogP contribution is -2.43. The predicted octanol–water partition coefficient (Wildman–Crippen LogP) is -2.32. The Morgan fingerprint density at radius 2 is 1.83 bits per heavy atom. The second-order valence-corrected chi connectivity index (χ2v) is 5.47. The first-order chi connectivity index (χ1) is 8.25. The van der Waals surface area contributed by atoms with E-state index in [0.717, 1.165) is 6.20 Å². The summed E-state index contributed by atoms with van der Waals surface area (Å²) in [5.74, 6) is -1.78. The molecule has 0 bridgehead atoms. The Morgan fingerprint density at radius 1 is 1.33 bits per heavy atom. The van der Waals surface area contributed by atoms with E-state index in [9.17, 15) is 18.0 Å². The number of aryl methyl sites for hydroxylation is 1. The third-order valence-electron chi connectivity index (χ3n) is 2.07. The minimum Gasteiger partial charge on any atom is -0.369 e. The van der Waals surface area contributed by atoms with Crippen LogP contribution < -0.4 is 11.5 Å². The van der Waals surface area contributed by atoms with Crippen molar-refractivity contribution in [2.45, 2.75) is 11.8 Å². The Hall–Kier alpha value is -1.94. The first-order valence-electron chi connectivity index (χ1n) is 4.82. The van der Waals surface area contributed by atoms with Crippen LogP contribution in [0.5, 0.6) is 0 Å². The maximum Gasteiger partial charge on any atom is 0.247 e. The molecule has 0 saturated heterocycles. The number of H-pyrrole nitrogens is 1. The van der Waals surface area contributed by atoms with Crippen LogP contribution in [0.15, 0.2) is 11.1 Å². The summed E-state index contributed by atoms with van der Waals surface area (Å²) in [7, 11) is -4.04. The first-order valence-corrected chi connectivity index (χ1v) is 6.26. The van der Waals surface area contributed by atoms with Crippen LogP contribution in [-0.4, -0.2) is 47.8 Å². The van der Waals surface area contributed by atoms with E-state index in [1.54, 1.807) is 0 Å². The minimum atomic E-state index is -4.04. The zero-order chi connectivity index (χ0) is 13.9. The fourth-order valence-electron chi connectivity index (χ4n) is 1.31. The van der Waals surface area contributed by atoms with Crippen LogP contribution >= 0.6 is 0 Å². The lowest BCUT2D eigenvalue weighted by Gasteiger charge is -2.18. The number of hydrogen-bond acceptors (Lipinski definition) is 5. The number of amides is 2. The van der Waals surface area contributed by atoms with Gasteiger partial charge < -0.3 is 11.5 Å². The van der Waals surface area contributed by atoms with Crippen molar-refractivity contribution in [1.82, 2.24) is 14.5 Å². The van der Waals surface area contributed by atoms with Crippen LogP contribution in [0.25, 0.3) is 0 Å². The van der Waals surface area contributed by atoms with E-state index in [1.165, 1.54) is 6.92 Å². The van der Waals surface area contributed by atoms with Gasteiger partial charge in [-0.25, -0.2) is 8.42 Å². The predicted molar refractivity (Wildman–Crippen MR) is 60.5 cm³/mol. The standard InChI is InChI=1S/C8H13N5O4S/c1-5-6(2-11-12-5)18(16,17)13(3-7(9)14)4-8(10)15/h2H,3-4H2,1H3,(H2,9,14)(H2,10,15)(H,11,12). The smallest absolute Gasteiger partial charge is 0.247 e. The monoisotopic (exact) mass is 275 g/mol. The van der Waals surface area contributed by atoms with Crippen LogP contribution in [0.3, 0.4) is 0 Å². The number of aromatic amines is 1. The van der Waals surface area contributed by atoms with E-state index in [4.69, 9.17) is 11.5 Å². The third-order valence-corrected chi connectivity index (χ3v) is 3.97. The summed E-state index contributed by atoms with van der Waals surface area (Å²) in [6.07, 6.45) is 1.08. The fraction of sp³-hybridized carbons (Fsp3) is 0.375. The zero-order valence-corrected chi connectivity index (χ0v) is 10.4. The van der Waals surface area contributed by atoms with E-state index in [-0.39, 0.29) is 10.6 Å². The molecule has 100 valence electrons. The second kappa shape index (κ2) is 5.14. The topological polar surface area (TPSA) is 152 Å². The molecule has 0 aliphatic heterocycles. The molecule has 0 aliphatic carbocycles. The van der Waals surface area contributed by atoms with Crippen LogP contribution in [0.2, 0.25) is 0 Å². The number of nitrogens with two attached hydrogens (primary N) is 2. The van der Waals surface area contributed by atoms with Crippen molar-refractivity contribution in [3.8, 4) is 0 Å². The average molecular weight is 275 g/mol. The molecule has 0 unspecified atom stereocenters. The van der Waals surface area contributed by atoms with Crippen molar-refractivity contribution < 1.29 is 18.0 Å². The minimum absolute atomic E-state index is 0.134. The number of aromatic nitrogens is 2. The summed E-state index contributed by atoms with van der Waals surface area (Å²) in [4.78, 5) is 21.5. The molecule has 0 saturated carbocycles. The van der Waals surface area contributed by atoms with Crippen molar-refractivity contribution in [1.29, 1.82) is 0 Å². The average Bonchev–Trinajstić information content (AvgIpc) is 2.62.